The molecular weight excluding hydrogens is 296 g/mol. The number of aliphatic hydroxyl groups is 1. The van der Waals surface area contributed by atoms with E-state index in [4.69, 9.17) is 9.47 Å². The van der Waals surface area contributed by atoms with E-state index in [1.165, 1.54) is 12.8 Å². The number of hydrogen-bond donors (Lipinski definition) is 1. The molecule has 0 radical (unpaired) electrons. The molecule has 2 heterocycles. The summed E-state index contributed by atoms with van der Waals surface area (Å²) in [4.78, 5) is 16.8. The van der Waals surface area contributed by atoms with Crippen LogP contribution in [0.3, 0.4) is 0 Å². The second-order valence-corrected chi connectivity index (χ2v) is 6.19. The third-order valence-electron chi connectivity index (χ3n) is 4.75. The smallest absolute Gasteiger partial charge is 0.254 e. The first-order valence-corrected chi connectivity index (χ1v) is 8.07. The maximum atomic E-state index is 12.8. The largest absolute Gasteiger partial charge is 0.497 e. The Balaban J connectivity index is 1.75. The van der Waals surface area contributed by atoms with Gasteiger partial charge in [0.05, 0.1) is 26.4 Å². The number of carbonyl (C=O) groups excluding carboxylic acids is 1. The Hall–Kier alpha value is -1.79. The van der Waals surface area contributed by atoms with Crippen molar-refractivity contribution in [2.24, 2.45) is 0 Å². The number of likely N-dealkylation sites (tertiary alicyclic amines) is 2. The van der Waals surface area contributed by atoms with Gasteiger partial charge in [-0.05, 0) is 38.1 Å². The highest BCUT2D eigenvalue weighted by Gasteiger charge is 2.38. The Morgan fingerprint density at radius 3 is 2.26 bits per heavy atom. The molecule has 2 saturated heterocycles. The van der Waals surface area contributed by atoms with Crippen molar-refractivity contribution in [3.63, 3.8) is 0 Å². The Labute approximate surface area is 136 Å². The van der Waals surface area contributed by atoms with Crippen molar-refractivity contribution in [2.75, 3.05) is 40.4 Å². The second-order valence-electron chi connectivity index (χ2n) is 6.19. The van der Waals surface area contributed by atoms with Crippen LogP contribution in [0.5, 0.6) is 11.5 Å². The molecule has 1 amide bonds. The Kier molecular flexibility index (Phi) is 4.73. The van der Waals surface area contributed by atoms with Gasteiger partial charge >= 0.3 is 0 Å². The van der Waals surface area contributed by atoms with E-state index >= 15 is 0 Å². The maximum absolute atomic E-state index is 12.8. The quantitative estimate of drug-likeness (QED) is 0.896. The number of amides is 1. The first-order chi connectivity index (χ1) is 11.1. The Morgan fingerprint density at radius 2 is 1.70 bits per heavy atom. The number of β-amino-alcohol motifs (C(OH)–C–C–N with tert-alkyl or cyclic N) is 1. The lowest BCUT2D eigenvalue weighted by atomic mass is 10.1. The molecule has 0 bridgehead atoms. The summed E-state index contributed by atoms with van der Waals surface area (Å²) in [6.45, 7) is 2.96. The minimum Gasteiger partial charge on any atom is -0.497 e. The molecule has 1 N–H and O–H groups in total. The van der Waals surface area contributed by atoms with E-state index in [1.54, 1.807) is 37.3 Å². The van der Waals surface area contributed by atoms with Gasteiger partial charge in [-0.3, -0.25) is 9.69 Å². The highest BCUT2D eigenvalue weighted by Crippen LogP contribution is 2.26. The lowest BCUT2D eigenvalue weighted by Gasteiger charge is -2.25. The lowest BCUT2D eigenvalue weighted by Crippen LogP contribution is -2.41. The zero-order valence-electron chi connectivity index (χ0n) is 13.7. The highest BCUT2D eigenvalue weighted by atomic mass is 16.5. The number of benzene rings is 1. The van der Waals surface area contributed by atoms with Crippen molar-refractivity contribution in [3.8, 4) is 11.5 Å². The number of carbonyl (C=O) groups is 1. The van der Waals surface area contributed by atoms with E-state index in [1.807, 2.05) is 0 Å². The van der Waals surface area contributed by atoms with Crippen molar-refractivity contribution < 1.29 is 19.4 Å². The molecule has 0 saturated carbocycles. The average Bonchev–Trinajstić information content (AvgIpc) is 3.22. The van der Waals surface area contributed by atoms with E-state index in [0.29, 0.717) is 30.2 Å². The zero-order valence-corrected chi connectivity index (χ0v) is 13.7. The van der Waals surface area contributed by atoms with Crippen LogP contribution in [0.4, 0.5) is 0 Å². The average molecular weight is 320 g/mol. The van der Waals surface area contributed by atoms with Crippen molar-refractivity contribution >= 4 is 5.91 Å². The monoisotopic (exact) mass is 320 g/mol. The number of hydrogen-bond acceptors (Lipinski definition) is 5. The van der Waals surface area contributed by atoms with Gasteiger partial charge in [0.2, 0.25) is 0 Å². The van der Waals surface area contributed by atoms with Crippen molar-refractivity contribution in [3.05, 3.63) is 23.8 Å². The summed E-state index contributed by atoms with van der Waals surface area (Å²) in [5.74, 6) is 1.08. The molecule has 1 aromatic carbocycles. The molecule has 0 aromatic heterocycles. The van der Waals surface area contributed by atoms with E-state index in [-0.39, 0.29) is 11.9 Å². The predicted octanol–water partition coefficient (Wildman–Crippen LogP) is 0.985. The third kappa shape index (κ3) is 3.28. The molecule has 0 aliphatic carbocycles. The molecule has 2 aliphatic heterocycles. The SMILES string of the molecule is COc1cc(OC)cc(C(=O)N2C[C@@H](O)[C@H](N3CCCC3)C2)c1. The first kappa shape index (κ1) is 16.1. The summed E-state index contributed by atoms with van der Waals surface area (Å²) < 4.78 is 10.5. The Bertz CT molecular complexity index is 549. The van der Waals surface area contributed by atoms with E-state index in [2.05, 4.69) is 4.90 Å². The van der Waals surface area contributed by atoms with Gasteiger partial charge in [-0.1, -0.05) is 0 Å². The summed E-state index contributed by atoms with van der Waals surface area (Å²) in [6.07, 6.45) is 1.86. The molecule has 2 aliphatic rings. The molecule has 0 unspecified atom stereocenters. The number of nitrogens with zero attached hydrogens (tertiary/aromatic N) is 2. The lowest BCUT2D eigenvalue weighted by molar-refractivity contribution is 0.0762. The summed E-state index contributed by atoms with van der Waals surface area (Å²) in [5, 5.41) is 10.3. The van der Waals surface area contributed by atoms with Gasteiger partial charge in [0, 0.05) is 24.7 Å². The minimum absolute atomic E-state index is 0.0500. The molecule has 6 nitrogen and oxygen atoms in total. The van der Waals surface area contributed by atoms with Gasteiger partial charge < -0.3 is 19.5 Å². The number of rotatable bonds is 4. The van der Waals surface area contributed by atoms with Crippen LogP contribution in [0, 0.1) is 0 Å². The molecule has 1 aromatic rings. The summed E-state index contributed by atoms with van der Waals surface area (Å²) in [7, 11) is 3.12. The summed E-state index contributed by atoms with van der Waals surface area (Å²) >= 11 is 0. The van der Waals surface area contributed by atoms with Crippen LogP contribution in [-0.2, 0) is 0 Å². The van der Waals surface area contributed by atoms with Crippen molar-refractivity contribution in [1.82, 2.24) is 9.80 Å². The van der Waals surface area contributed by atoms with Gasteiger partial charge in [0.25, 0.3) is 5.91 Å². The van der Waals surface area contributed by atoms with Crippen LogP contribution in [0.1, 0.15) is 23.2 Å². The van der Waals surface area contributed by atoms with Gasteiger partial charge in [-0.25, -0.2) is 0 Å². The molecule has 2 atom stereocenters. The third-order valence-corrected chi connectivity index (χ3v) is 4.75. The normalized spacial score (nSPS) is 24.9. The van der Waals surface area contributed by atoms with Crippen molar-refractivity contribution in [2.45, 2.75) is 25.0 Å². The van der Waals surface area contributed by atoms with Gasteiger partial charge in [-0.15, -0.1) is 0 Å². The minimum atomic E-state index is -0.482. The molecule has 6 heteroatoms. The van der Waals surface area contributed by atoms with Crippen molar-refractivity contribution in [1.29, 1.82) is 0 Å². The van der Waals surface area contributed by atoms with Crippen LogP contribution in [0.2, 0.25) is 0 Å². The maximum Gasteiger partial charge on any atom is 0.254 e. The fourth-order valence-electron chi connectivity index (χ4n) is 3.48. The molecule has 126 valence electrons. The molecule has 2 fully saturated rings. The predicted molar refractivity (Wildman–Crippen MR) is 86.1 cm³/mol. The zero-order chi connectivity index (χ0) is 16.4. The summed E-state index contributed by atoms with van der Waals surface area (Å²) in [5.41, 5.74) is 0.524. The van der Waals surface area contributed by atoms with E-state index in [0.717, 1.165) is 13.1 Å². The number of aliphatic hydroxyl groups excluding tert-OH is 1. The van der Waals surface area contributed by atoms with Crippen LogP contribution in [0.15, 0.2) is 18.2 Å². The fraction of sp³-hybridized carbons (Fsp3) is 0.588. The summed E-state index contributed by atoms with van der Waals surface area (Å²) in [6, 6.07) is 5.21. The standard InChI is InChI=1S/C17H24N2O4/c1-22-13-7-12(8-14(9-13)23-2)17(21)19-10-15(16(20)11-19)18-5-3-4-6-18/h7-9,15-16,20H,3-6,10-11H2,1-2H3/t15-,16-/m1/s1. The molecular formula is C17H24N2O4. The molecule has 0 spiro atoms. The molecule has 23 heavy (non-hydrogen) atoms. The number of methoxy groups -OCH3 is 2. The molecule has 3 rings (SSSR count). The number of ether oxygens (including phenoxy) is 2. The Morgan fingerprint density at radius 1 is 1.09 bits per heavy atom. The van der Waals surface area contributed by atoms with E-state index in [9.17, 15) is 9.90 Å². The van der Waals surface area contributed by atoms with Crippen LogP contribution < -0.4 is 9.47 Å². The van der Waals surface area contributed by atoms with Gasteiger partial charge in [0.1, 0.15) is 11.5 Å². The topological polar surface area (TPSA) is 62.2 Å². The second kappa shape index (κ2) is 6.76. The fourth-order valence-corrected chi connectivity index (χ4v) is 3.48. The van der Waals surface area contributed by atoms with Crippen LogP contribution in [-0.4, -0.2) is 73.4 Å². The first-order valence-electron chi connectivity index (χ1n) is 8.07. The van der Waals surface area contributed by atoms with Crippen LogP contribution in [0.25, 0.3) is 0 Å². The van der Waals surface area contributed by atoms with Gasteiger partial charge in [-0.2, -0.15) is 0 Å². The van der Waals surface area contributed by atoms with E-state index < -0.39 is 6.10 Å². The van der Waals surface area contributed by atoms with Crippen LogP contribution >= 0.6 is 0 Å². The highest BCUT2D eigenvalue weighted by molar-refractivity contribution is 5.95. The van der Waals surface area contributed by atoms with Gasteiger partial charge in [0.15, 0.2) is 0 Å².